The summed E-state index contributed by atoms with van der Waals surface area (Å²) in [5.41, 5.74) is 0.0515. The Hall–Kier alpha value is -1.31. The van der Waals surface area contributed by atoms with Gasteiger partial charge in [-0.2, -0.15) is 13.2 Å². The number of carbonyl (C=O) groups is 1. The molecule has 4 nitrogen and oxygen atoms in total. The third-order valence-corrected chi connectivity index (χ3v) is 5.32. The first-order chi connectivity index (χ1) is 12.3. The van der Waals surface area contributed by atoms with E-state index in [0.29, 0.717) is 44.3 Å². The predicted octanol–water partition coefficient (Wildman–Crippen LogP) is 3.16. The van der Waals surface area contributed by atoms with E-state index in [2.05, 4.69) is 17.1 Å². The Morgan fingerprint density at radius 2 is 1.93 bits per heavy atom. The molecule has 27 heavy (non-hydrogen) atoms. The lowest BCUT2D eigenvalue weighted by molar-refractivity contribution is -0.139. The second kappa shape index (κ2) is 9.26. The fraction of sp³-hybridized carbons (Fsp3) is 0.632. The lowest BCUT2D eigenvalue weighted by Crippen LogP contribution is -2.51. The molecule has 2 atom stereocenters. The maximum absolute atomic E-state index is 12.8. The zero-order chi connectivity index (χ0) is 18.7. The van der Waals surface area contributed by atoms with Gasteiger partial charge in [0.1, 0.15) is 0 Å². The fourth-order valence-corrected chi connectivity index (χ4v) is 3.84. The molecule has 152 valence electrons. The highest BCUT2D eigenvalue weighted by molar-refractivity contribution is 5.85. The second-order valence-electron chi connectivity index (χ2n) is 7.38. The van der Waals surface area contributed by atoms with Crippen molar-refractivity contribution in [2.24, 2.45) is 5.92 Å². The van der Waals surface area contributed by atoms with Crippen molar-refractivity contribution < 1.29 is 18.0 Å². The topological polar surface area (TPSA) is 35.6 Å². The molecule has 0 saturated carbocycles. The quantitative estimate of drug-likeness (QED) is 0.839. The minimum atomic E-state index is -4.31. The monoisotopic (exact) mass is 405 g/mol. The van der Waals surface area contributed by atoms with Gasteiger partial charge in [0, 0.05) is 44.7 Å². The summed E-state index contributed by atoms with van der Waals surface area (Å²) in [7, 11) is 0. The third kappa shape index (κ3) is 5.83. The summed E-state index contributed by atoms with van der Waals surface area (Å²) in [4.78, 5) is 16.7. The van der Waals surface area contributed by atoms with E-state index < -0.39 is 11.7 Å². The van der Waals surface area contributed by atoms with Gasteiger partial charge in [0.05, 0.1) is 5.56 Å². The number of nitrogens with one attached hydrogen (secondary N) is 1. The summed E-state index contributed by atoms with van der Waals surface area (Å²) in [6.45, 7) is 6.16. The molecule has 1 amide bonds. The van der Waals surface area contributed by atoms with Crippen molar-refractivity contribution in [2.45, 2.75) is 38.5 Å². The molecule has 1 aromatic carbocycles. The Labute approximate surface area is 164 Å². The van der Waals surface area contributed by atoms with E-state index in [1.54, 1.807) is 6.07 Å². The van der Waals surface area contributed by atoms with Crippen molar-refractivity contribution in [3.05, 3.63) is 35.4 Å². The molecule has 0 aromatic heterocycles. The molecular weight excluding hydrogens is 379 g/mol. The van der Waals surface area contributed by atoms with Gasteiger partial charge in [0.25, 0.3) is 0 Å². The molecule has 3 rings (SSSR count). The van der Waals surface area contributed by atoms with Crippen LogP contribution in [0.25, 0.3) is 0 Å². The molecule has 0 radical (unpaired) electrons. The van der Waals surface area contributed by atoms with E-state index in [-0.39, 0.29) is 24.2 Å². The van der Waals surface area contributed by atoms with Crippen molar-refractivity contribution >= 4 is 18.3 Å². The van der Waals surface area contributed by atoms with E-state index >= 15 is 0 Å². The van der Waals surface area contributed by atoms with Gasteiger partial charge < -0.3 is 10.2 Å². The Kier molecular flexibility index (Phi) is 7.54. The maximum atomic E-state index is 12.8. The largest absolute Gasteiger partial charge is 0.416 e. The molecule has 0 bridgehead atoms. The molecule has 0 aliphatic carbocycles. The number of hydrogen-bond donors (Lipinski definition) is 1. The van der Waals surface area contributed by atoms with Crippen LogP contribution in [0.1, 0.15) is 30.9 Å². The molecule has 1 aromatic rings. The van der Waals surface area contributed by atoms with Crippen LogP contribution in [0.5, 0.6) is 0 Å². The maximum Gasteiger partial charge on any atom is 0.416 e. The van der Waals surface area contributed by atoms with Crippen molar-refractivity contribution in [2.75, 3.05) is 32.7 Å². The van der Waals surface area contributed by atoms with Crippen molar-refractivity contribution in [3.8, 4) is 0 Å². The van der Waals surface area contributed by atoms with Gasteiger partial charge in [-0.1, -0.05) is 18.2 Å². The first kappa shape index (κ1) is 22.0. The van der Waals surface area contributed by atoms with E-state index in [4.69, 9.17) is 0 Å². The van der Waals surface area contributed by atoms with Crippen molar-refractivity contribution in [1.29, 1.82) is 0 Å². The fourth-order valence-electron chi connectivity index (χ4n) is 3.84. The number of halogens is 4. The van der Waals surface area contributed by atoms with E-state index in [1.165, 1.54) is 12.1 Å². The number of rotatable bonds is 3. The highest BCUT2D eigenvalue weighted by Crippen LogP contribution is 2.30. The van der Waals surface area contributed by atoms with E-state index in [9.17, 15) is 18.0 Å². The molecule has 0 unspecified atom stereocenters. The van der Waals surface area contributed by atoms with Gasteiger partial charge in [-0.05, 0) is 37.9 Å². The van der Waals surface area contributed by atoms with Crippen LogP contribution < -0.4 is 5.32 Å². The average Bonchev–Trinajstić information content (AvgIpc) is 2.61. The minimum Gasteiger partial charge on any atom is -0.340 e. The number of hydrogen-bond acceptors (Lipinski definition) is 3. The Balaban J connectivity index is 0.00000261. The molecular formula is C19H27ClF3N3O. The standard InChI is InChI=1S/C19H26F3N3O.ClH/c1-14-11-16(5-6-23-14)18(26)25-9-7-24(8-10-25)13-15-3-2-4-17(12-15)19(20,21)22;/h2-4,12,14,16,23H,5-11,13H2,1H3;1H/t14-,16-;/m0./s1. The highest BCUT2D eigenvalue weighted by atomic mass is 35.5. The molecule has 2 aliphatic rings. The number of nitrogens with zero attached hydrogens (tertiary/aromatic N) is 2. The number of carbonyl (C=O) groups excluding carboxylic acids is 1. The normalized spacial score (nSPS) is 24.4. The van der Waals surface area contributed by atoms with Gasteiger partial charge in [-0.25, -0.2) is 0 Å². The van der Waals surface area contributed by atoms with Crippen LogP contribution in [0.15, 0.2) is 24.3 Å². The van der Waals surface area contributed by atoms with E-state index in [1.807, 2.05) is 4.90 Å². The molecule has 1 N–H and O–H groups in total. The zero-order valence-corrected chi connectivity index (χ0v) is 16.3. The predicted molar refractivity (Wildman–Crippen MR) is 101 cm³/mol. The lowest BCUT2D eigenvalue weighted by Gasteiger charge is -2.38. The molecule has 8 heteroatoms. The first-order valence-electron chi connectivity index (χ1n) is 9.23. The van der Waals surface area contributed by atoms with Crippen molar-refractivity contribution in [1.82, 2.24) is 15.1 Å². The molecule has 0 spiro atoms. The Bertz CT molecular complexity index is 633. The van der Waals surface area contributed by atoms with Crippen LogP contribution in [-0.4, -0.2) is 54.5 Å². The van der Waals surface area contributed by atoms with E-state index in [0.717, 1.165) is 25.5 Å². The SMILES string of the molecule is C[C@H]1C[C@@H](C(=O)N2CCN(Cc3cccc(C(F)(F)F)c3)CC2)CCN1.Cl. The van der Waals surface area contributed by atoms with Gasteiger partial charge >= 0.3 is 6.18 Å². The average molecular weight is 406 g/mol. The smallest absolute Gasteiger partial charge is 0.340 e. The molecule has 2 fully saturated rings. The van der Waals surface area contributed by atoms with Crippen LogP contribution in [0.4, 0.5) is 13.2 Å². The van der Waals surface area contributed by atoms with Crippen LogP contribution >= 0.6 is 12.4 Å². The van der Waals surface area contributed by atoms with Gasteiger partial charge in [-0.3, -0.25) is 9.69 Å². The third-order valence-electron chi connectivity index (χ3n) is 5.32. The summed E-state index contributed by atoms with van der Waals surface area (Å²) in [6, 6.07) is 5.87. The van der Waals surface area contributed by atoms with Crippen molar-refractivity contribution in [3.63, 3.8) is 0 Å². The van der Waals surface area contributed by atoms with Crippen LogP contribution in [0.2, 0.25) is 0 Å². The number of piperazine rings is 1. The van der Waals surface area contributed by atoms with Gasteiger partial charge in [-0.15, -0.1) is 12.4 Å². The summed E-state index contributed by atoms with van der Waals surface area (Å²) >= 11 is 0. The molecule has 2 saturated heterocycles. The van der Waals surface area contributed by atoms with Gasteiger partial charge in [0.2, 0.25) is 5.91 Å². The lowest BCUT2D eigenvalue weighted by atomic mass is 9.92. The van der Waals surface area contributed by atoms with Crippen LogP contribution in [0, 0.1) is 5.92 Å². The van der Waals surface area contributed by atoms with Crippen LogP contribution in [-0.2, 0) is 17.5 Å². The number of alkyl halides is 3. The Morgan fingerprint density at radius 1 is 1.22 bits per heavy atom. The Morgan fingerprint density at radius 3 is 2.56 bits per heavy atom. The first-order valence-corrected chi connectivity index (χ1v) is 9.23. The second-order valence-corrected chi connectivity index (χ2v) is 7.38. The molecule has 2 aliphatic heterocycles. The zero-order valence-electron chi connectivity index (χ0n) is 15.5. The summed E-state index contributed by atoms with van der Waals surface area (Å²) in [5, 5.41) is 3.36. The molecule has 2 heterocycles. The van der Waals surface area contributed by atoms with Gasteiger partial charge in [0.15, 0.2) is 0 Å². The minimum absolute atomic E-state index is 0. The number of benzene rings is 1. The van der Waals surface area contributed by atoms with Crippen LogP contribution in [0.3, 0.4) is 0 Å². The summed E-state index contributed by atoms with van der Waals surface area (Å²) in [6.07, 6.45) is -2.55. The summed E-state index contributed by atoms with van der Waals surface area (Å²) < 4.78 is 38.5. The highest BCUT2D eigenvalue weighted by Gasteiger charge is 2.32. The number of piperidine rings is 1. The number of amides is 1. The summed E-state index contributed by atoms with van der Waals surface area (Å²) in [5.74, 6) is 0.332.